The lowest BCUT2D eigenvalue weighted by Crippen LogP contribution is -2.12. The van der Waals surface area contributed by atoms with Crippen molar-refractivity contribution < 1.29 is 19.1 Å². The lowest BCUT2D eigenvalue weighted by molar-refractivity contribution is -0.139. The predicted molar refractivity (Wildman–Crippen MR) is 56.6 cm³/mol. The van der Waals surface area contributed by atoms with E-state index in [0.29, 0.717) is 5.56 Å². The maximum Gasteiger partial charge on any atom is 0.339 e. The number of nitrogens with two attached hydrogens (primary N) is 1. The maximum atomic E-state index is 11.2. The number of benzene rings is 1. The van der Waals surface area contributed by atoms with E-state index in [4.69, 9.17) is 5.73 Å². The average Bonchev–Trinajstić information content (AvgIpc) is 2.30. The molecule has 0 unspecified atom stereocenters. The fourth-order valence-electron chi connectivity index (χ4n) is 1.16. The van der Waals surface area contributed by atoms with E-state index < -0.39 is 5.97 Å². The first kappa shape index (κ1) is 12.2. The summed E-state index contributed by atoms with van der Waals surface area (Å²) in [5.41, 5.74) is 6.25. The quantitative estimate of drug-likeness (QED) is 0.593. The Morgan fingerprint density at radius 3 is 2.38 bits per heavy atom. The summed E-state index contributed by atoms with van der Waals surface area (Å²) in [6.07, 6.45) is 0.183. The lowest BCUT2D eigenvalue weighted by Gasteiger charge is -2.03. The first-order valence-corrected chi connectivity index (χ1v) is 4.70. The van der Waals surface area contributed by atoms with Crippen LogP contribution < -0.4 is 5.73 Å². The summed E-state index contributed by atoms with van der Waals surface area (Å²) >= 11 is 0. The molecule has 1 rings (SSSR count). The van der Waals surface area contributed by atoms with Gasteiger partial charge in [0.1, 0.15) is 6.73 Å². The Labute approximate surface area is 93.1 Å². The van der Waals surface area contributed by atoms with Crippen molar-refractivity contribution in [2.24, 2.45) is 5.73 Å². The molecule has 0 saturated carbocycles. The molecule has 1 aromatic carbocycles. The Balaban J connectivity index is 2.67. The minimum Gasteiger partial charge on any atom is -0.469 e. The number of hydrogen-bond acceptors (Lipinski definition) is 5. The number of rotatable bonds is 4. The molecule has 0 heterocycles. The molecule has 0 saturated heterocycles. The van der Waals surface area contributed by atoms with E-state index in [1.165, 1.54) is 7.11 Å². The Bertz CT molecular complexity index is 372. The Morgan fingerprint density at radius 2 is 1.88 bits per heavy atom. The van der Waals surface area contributed by atoms with E-state index in [-0.39, 0.29) is 19.1 Å². The zero-order valence-corrected chi connectivity index (χ0v) is 8.93. The fourth-order valence-corrected chi connectivity index (χ4v) is 1.16. The number of ether oxygens (including phenoxy) is 2. The fraction of sp³-hybridized carbons (Fsp3) is 0.273. The van der Waals surface area contributed by atoms with E-state index in [2.05, 4.69) is 9.47 Å². The smallest absolute Gasteiger partial charge is 0.339 e. The minimum absolute atomic E-state index is 0.150. The highest BCUT2D eigenvalue weighted by Crippen LogP contribution is 2.07. The van der Waals surface area contributed by atoms with Crippen LogP contribution in [0, 0.1) is 0 Å². The zero-order chi connectivity index (χ0) is 12.0. The molecule has 0 amide bonds. The molecular weight excluding hydrogens is 210 g/mol. The molecular formula is C11H13NO4. The highest BCUT2D eigenvalue weighted by atomic mass is 16.5. The third-order valence-electron chi connectivity index (χ3n) is 1.98. The van der Waals surface area contributed by atoms with E-state index >= 15 is 0 Å². The number of methoxy groups -OCH3 is 1. The Hall–Kier alpha value is -1.88. The first-order chi connectivity index (χ1) is 7.67. The maximum absolute atomic E-state index is 11.2. The van der Waals surface area contributed by atoms with Gasteiger partial charge >= 0.3 is 11.9 Å². The molecule has 5 heteroatoms. The second-order valence-corrected chi connectivity index (χ2v) is 3.05. The number of carbonyl (C=O) groups is 2. The molecule has 0 aliphatic rings. The molecule has 0 spiro atoms. The Kier molecular flexibility index (Phi) is 4.47. The Morgan fingerprint density at radius 1 is 1.25 bits per heavy atom. The zero-order valence-electron chi connectivity index (χ0n) is 8.93. The molecule has 0 bridgehead atoms. The van der Waals surface area contributed by atoms with Gasteiger partial charge in [-0.05, 0) is 17.7 Å². The summed E-state index contributed by atoms with van der Waals surface area (Å²) in [6, 6.07) is 6.50. The van der Waals surface area contributed by atoms with Gasteiger partial charge in [0.2, 0.25) is 0 Å². The van der Waals surface area contributed by atoms with Gasteiger partial charge in [-0.3, -0.25) is 10.5 Å². The standard InChI is InChI=1S/C11H13NO4/c1-15-10(13)6-8-2-4-9(5-3-8)11(14)16-7-12/h2-5H,6-7,12H2,1H3. The van der Waals surface area contributed by atoms with E-state index in [1.807, 2.05) is 0 Å². The van der Waals surface area contributed by atoms with Crippen LogP contribution in [0.3, 0.4) is 0 Å². The van der Waals surface area contributed by atoms with Gasteiger partial charge in [-0.2, -0.15) is 0 Å². The van der Waals surface area contributed by atoms with Crippen molar-refractivity contribution in [1.29, 1.82) is 0 Å². The van der Waals surface area contributed by atoms with Crippen LogP contribution in [0.25, 0.3) is 0 Å². The molecule has 2 N–H and O–H groups in total. The molecule has 0 aliphatic heterocycles. The monoisotopic (exact) mass is 223 g/mol. The van der Waals surface area contributed by atoms with E-state index in [1.54, 1.807) is 24.3 Å². The molecule has 0 aromatic heterocycles. The van der Waals surface area contributed by atoms with Gasteiger partial charge in [-0.15, -0.1) is 0 Å². The van der Waals surface area contributed by atoms with Crippen LogP contribution >= 0.6 is 0 Å². The number of carbonyl (C=O) groups excluding carboxylic acids is 2. The second-order valence-electron chi connectivity index (χ2n) is 3.05. The van der Waals surface area contributed by atoms with Gasteiger partial charge < -0.3 is 9.47 Å². The van der Waals surface area contributed by atoms with Crippen molar-refractivity contribution >= 4 is 11.9 Å². The van der Waals surface area contributed by atoms with Crippen LogP contribution in [-0.2, 0) is 20.7 Å². The van der Waals surface area contributed by atoms with Crippen molar-refractivity contribution in [3.05, 3.63) is 35.4 Å². The van der Waals surface area contributed by atoms with Crippen molar-refractivity contribution in [2.45, 2.75) is 6.42 Å². The SMILES string of the molecule is COC(=O)Cc1ccc(C(=O)OCN)cc1. The van der Waals surface area contributed by atoms with Crippen LogP contribution in [-0.4, -0.2) is 25.8 Å². The largest absolute Gasteiger partial charge is 0.469 e. The summed E-state index contributed by atoms with van der Waals surface area (Å²) < 4.78 is 9.14. The molecule has 5 nitrogen and oxygen atoms in total. The van der Waals surface area contributed by atoms with Crippen molar-refractivity contribution in [2.75, 3.05) is 13.8 Å². The molecule has 0 radical (unpaired) electrons. The topological polar surface area (TPSA) is 78.6 Å². The minimum atomic E-state index is -0.480. The van der Waals surface area contributed by atoms with Crippen LogP contribution in [0.15, 0.2) is 24.3 Å². The van der Waals surface area contributed by atoms with Crippen molar-refractivity contribution in [1.82, 2.24) is 0 Å². The molecule has 1 aromatic rings. The van der Waals surface area contributed by atoms with Crippen LogP contribution in [0.5, 0.6) is 0 Å². The molecule has 0 aliphatic carbocycles. The summed E-state index contributed by atoms with van der Waals surface area (Å²) in [7, 11) is 1.33. The lowest BCUT2D eigenvalue weighted by atomic mass is 10.1. The van der Waals surface area contributed by atoms with Gasteiger partial charge in [-0.1, -0.05) is 12.1 Å². The van der Waals surface area contributed by atoms with Crippen molar-refractivity contribution in [3.63, 3.8) is 0 Å². The predicted octanol–water partition coefficient (Wildman–Crippen LogP) is 0.475. The van der Waals surface area contributed by atoms with E-state index in [9.17, 15) is 9.59 Å². The molecule has 86 valence electrons. The third-order valence-corrected chi connectivity index (χ3v) is 1.98. The van der Waals surface area contributed by atoms with Gasteiger partial charge in [0.15, 0.2) is 0 Å². The summed E-state index contributed by atoms with van der Waals surface area (Å²) in [5.74, 6) is -0.801. The van der Waals surface area contributed by atoms with Gasteiger partial charge in [-0.25, -0.2) is 4.79 Å². The van der Waals surface area contributed by atoms with Crippen LogP contribution in [0.2, 0.25) is 0 Å². The summed E-state index contributed by atoms with van der Waals surface area (Å²) in [4.78, 5) is 22.2. The van der Waals surface area contributed by atoms with Crippen LogP contribution in [0.1, 0.15) is 15.9 Å². The highest BCUT2D eigenvalue weighted by molar-refractivity contribution is 5.89. The highest BCUT2D eigenvalue weighted by Gasteiger charge is 2.07. The molecule has 0 fully saturated rings. The van der Waals surface area contributed by atoms with Gasteiger partial charge in [0, 0.05) is 0 Å². The average molecular weight is 223 g/mol. The molecule has 16 heavy (non-hydrogen) atoms. The third kappa shape index (κ3) is 3.36. The van der Waals surface area contributed by atoms with Crippen molar-refractivity contribution in [3.8, 4) is 0 Å². The van der Waals surface area contributed by atoms with E-state index in [0.717, 1.165) is 5.56 Å². The normalized spacial score (nSPS) is 9.62. The van der Waals surface area contributed by atoms with Crippen LogP contribution in [0.4, 0.5) is 0 Å². The molecule has 0 atom stereocenters. The summed E-state index contributed by atoms with van der Waals surface area (Å²) in [6.45, 7) is -0.150. The van der Waals surface area contributed by atoms with Gasteiger partial charge in [0.25, 0.3) is 0 Å². The number of hydrogen-bond donors (Lipinski definition) is 1. The summed E-state index contributed by atoms with van der Waals surface area (Å²) in [5, 5.41) is 0. The second kappa shape index (κ2) is 5.87. The van der Waals surface area contributed by atoms with Gasteiger partial charge in [0.05, 0.1) is 19.1 Å². The number of esters is 2. The first-order valence-electron chi connectivity index (χ1n) is 4.70.